The van der Waals surface area contributed by atoms with E-state index >= 15 is 0 Å². The fourth-order valence-electron chi connectivity index (χ4n) is 1.47. The van der Waals surface area contributed by atoms with E-state index in [1.807, 2.05) is 6.08 Å². The normalized spacial score (nSPS) is 9.60. The van der Waals surface area contributed by atoms with Crippen molar-refractivity contribution in [3.63, 3.8) is 0 Å². The van der Waals surface area contributed by atoms with Gasteiger partial charge < -0.3 is 5.32 Å². The topological polar surface area (TPSA) is 29.1 Å². The summed E-state index contributed by atoms with van der Waals surface area (Å²) >= 11 is 0. The van der Waals surface area contributed by atoms with Gasteiger partial charge in [0.15, 0.2) is 0 Å². The molecular formula is C13H23NO. The van der Waals surface area contributed by atoms with Gasteiger partial charge in [-0.05, 0) is 25.5 Å². The molecule has 0 aromatic rings. The monoisotopic (exact) mass is 209 g/mol. The molecule has 0 atom stereocenters. The lowest BCUT2D eigenvalue weighted by Gasteiger charge is -2.01. The van der Waals surface area contributed by atoms with Crippen molar-refractivity contribution in [3.8, 4) is 0 Å². The highest BCUT2D eigenvalue weighted by atomic mass is 16.1. The summed E-state index contributed by atoms with van der Waals surface area (Å²) in [4.78, 5) is 11.0. The molecule has 0 saturated carbocycles. The lowest BCUT2D eigenvalue weighted by molar-refractivity contribution is -0.120. The maximum absolute atomic E-state index is 11.0. The maximum Gasteiger partial charge on any atom is 0.223 e. The van der Waals surface area contributed by atoms with Crippen LogP contribution in [0.5, 0.6) is 0 Å². The van der Waals surface area contributed by atoms with E-state index < -0.39 is 0 Å². The summed E-state index contributed by atoms with van der Waals surface area (Å²) in [5.74, 6) is 0.0802. The Morgan fingerprint density at radius 2 is 1.60 bits per heavy atom. The first-order valence-electron chi connectivity index (χ1n) is 5.82. The van der Waals surface area contributed by atoms with Gasteiger partial charge in [-0.15, -0.1) is 6.58 Å². The first kappa shape index (κ1) is 13.9. The summed E-state index contributed by atoms with van der Waals surface area (Å²) in [5, 5.41) is 2.58. The van der Waals surface area contributed by atoms with E-state index in [4.69, 9.17) is 0 Å². The van der Waals surface area contributed by atoms with Gasteiger partial charge >= 0.3 is 0 Å². The predicted octanol–water partition coefficient (Wildman–Crippen LogP) is 3.55. The number of amides is 1. The molecular weight excluding hydrogens is 186 g/mol. The average molecular weight is 209 g/mol. The zero-order chi connectivity index (χ0) is 11.4. The highest BCUT2D eigenvalue weighted by molar-refractivity contribution is 5.76. The first-order valence-corrected chi connectivity index (χ1v) is 5.82. The summed E-state index contributed by atoms with van der Waals surface area (Å²) in [7, 11) is 0. The Kier molecular flexibility index (Phi) is 10.3. The number of hydrogen-bond donors (Lipinski definition) is 1. The molecule has 2 nitrogen and oxygen atoms in total. The van der Waals surface area contributed by atoms with Crippen molar-refractivity contribution in [1.82, 2.24) is 5.32 Å². The summed E-state index contributed by atoms with van der Waals surface area (Å²) in [5.41, 5.74) is 0. The Morgan fingerprint density at radius 3 is 2.20 bits per heavy atom. The van der Waals surface area contributed by atoms with Crippen LogP contribution in [-0.4, -0.2) is 5.91 Å². The van der Waals surface area contributed by atoms with Crippen molar-refractivity contribution in [2.24, 2.45) is 0 Å². The van der Waals surface area contributed by atoms with E-state index in [9.17, 15) is 4.79 Å². The van der Waals surface area contributed by atoms with Gasteiger partial charge in [0.05, 0.1) is 0 Å². The van der Waals surface area contributed by atoms with Crippen molar-refractivity contribution in [3.05, 3.63) is 25.4 Å². The van der Waals surface area contributed by atoms with E-state index in [2.05, 4.69) is 18.5 Å². The van der Waals surface area contributed by atoms with Crippen LogP contribution in [0, 0.1) is 0 Å². The van der Waals surface area contributed by atoms with E-state index in [0.717, 1.165) is 19.3 Å². The van der Waals surface area contributed by atoms with Gasteiger partial charge in [0.1, 0.15) is 0 Å². The molecule has 0 unspecified atom stereocenters. The van der Waals surface area contributed by atoms with Gasteiger partial charge in [0.25, 0.3) is 0 Å². The average Bonchev–Trinajstić information content (AvgIpc) is 2.22. The Labute approximate surface area is 93.5 Å². The molecule has 0 aliphatic carbocycles. The van der Waals surface area contributed by atoms with Crippen LogP contribution in [0.2, 0.25) is 0 Å². The smallest absolute Gasteiger partial charge is 0.223 e. The minimum absolute atomic E-state index is 0.0802. The molecule has 0 spiro atoms. The van der Waals surface area contributed by atoms with Crippen LogP contribution in [-0.2, 0) is 4.79 Å². The third-order valence-corrected chi connectivity index (χ3v) is 2.33. The van der Waals surface area contributed by atoms with Crippen LogP contribution in [0.15, 0.2) is 25.4 Å². The molecule has 0 heterocycles. The number of hydrogen-bond acceptors (Lipinski definition) is 1. The zero-order valence-corrected chi connectivity index (χ0v) is 9.63. The molecule has 2 heteroatoms. The minimum Gasteiger partial charge on any atom is -0.333 e. The number of allylic oxidation sites excluding steroid dienone is 1. The Bertz CT molecular complexity index is 187. The van der Waals surface area contributed by atoms with Gasteiger partial charge in [-0.3, -0.25) is 4.79 Å². The second-order valence-corrected chi connectivity index (χ2v) is 3.72. The molecule has 15 heavy (non-hydrogen) atoms. The molecule has 0 aliphatic rings. The molecule has 0 aliphatic heterocycles. The Hall–Kier alpha value is -1.05. The van der Waals surface area contributed by atoms with Crippen LogP contribution in [0.1, 0.15) is 51.4 Å². The zero-order valence-electron chi connectivity index (χ0n) is 9.63. The second kappa shape index (κ2) is 11.0. The molecule has 0 rings (SSSR count). The first-order chi connectivity index (χ1) is 7.31. The summed E-state index contributed by atoms with van der Waals surface area (Å²) < 4.78 is 0. The minimum atomic E-state index is 0.0802. The molecule has 0 bridgehead atoms. The molecule has 0 radical (unpaired) electrons. The Morgan fingerprint density at radius 1 is 1.00 bits per heavy atom. The number of unbranched alkanes of at least 4 members (excludes halogenated alkanes) is 6. The van der Waals surface area contributed by atoms with Crippen LogP contribution in [0.25, 0.3) is 0 Å². The van der Waals surface area contributed by atoms with E-state index in [-0.39, 0.29) is 5.91 Å². The number of rotatable bonds is 10. The van der Waals surface area contributed by atoms with Gasteiger partial charge in [-0.2, -0.15) is 0 Å². The molecule has 1 amide bonds. The van der Waals surface area contributed by atoms with Gasteiger partial charge in [-0.1, -0.05) is 38.3 Å². The van der Waals surface area contributed by atoms with Crippen molar-refractivity contribution >= 4 is 5.91 Å². The van der Waals surface area contributed by atoms with Crippen molar-refractivity contribution in [1.29, 1.82) is 0 Å². The lowest BCUT2D eigenvalue weighted by atomic mass is 10.1. The van der Waals surface area contributed by atoms with Gasteiger partial charge in [-0.25, -0.2) is 0 Å². The summed E-state index contributed by atoms with van der Waals surface area (Å²) in [6, 6.07) is 0. The molecule has 0 aromatic carbocycles. The fraction of sp³-hybridized carbons (Fsp3) is 0.615. The van der Waals surface area contributed by atoms with Crippen LogP contribution in [0.3, 0.4) is 0 Å². The highest BCUT2D eigenvalue weighted by Crippen LogP contribution is 2.08. The number of carbonyl (C=O) groups excluding carboxylic acids is 1. The molecule has 86 valence electrons. The second-order valence-electron chi connectivity index (χ2n) is 3.72. The molecule has 0 aromatic heterocycles. The van der Waals surface area contributed by atoms with Crippen LogP contribution >= 0.6 is 0 Å². The molecule has 1 N–H and O–H groups in total. The van der Waals surface area contributed by atoms with E-state index in [1.165, 1.54) is 31.9 Å². The van der Waals surface area contributed by atoms with Crippen molar-refractivity contribution < 1.29 is 4.79 Å². The quantitative estimate of drug-likeness (QED) is 0.432. The van der Waals surface area contributed by atoms with Crippen molar-refractivity contribution in [2.45, 2.75) is 51.4 Å². The highest BCUT2D eigenvalue weighted by Gasteiger charge is 1.97. The Balaban J connectivity index is 3.07. The van der Waals surface area contributed by atoms with E-state index in [0.29, 0.717) is 6.42 Å². The summed E-state index contributed by atoms with van der Waals surface area (Å²) in [6.45, 7) is 7.14. The summed E-state index contributed by atoms with van der Waals surface area (Å²) in [6.07, 6.45) is 12.3. The number of carbonyl (C=O) groups is 1. The molecule has 0 fully saturated rings. The van der Waals surface area contributed by atoms with Crippen LogP contribution in [0.4, 0.5) is 0 Å². The van der Waals surface area contributed by atoms with Crippen molar-refractivity contribution in [2.75, 3.05) is 0 Å². The largest absolute Gasteiger partial charge is 0.333 e. The fourth-order valence-corrected chi connectivity index (χ4v) is 1.47. The third kappa shape index (κ3) is 10.9. The van der Waals surface area contributed by atoms with Crippen LogP contribution < -0.4 is 5.32 Å². The number of nitrogens with one attached hydrogen (secondary N) is 1. The lowest BCUT2D eigenvalue weighted by Crippen LogP contribution is -2.15. The van der Waals surface area contributed by atoms with Gasteiger partial charge in [0.2, 0.25) is 5.91 Å². The standard InChI is InChI=1S/C13H23NO/c1-3-5-6-7-8-9-10-11-12-13(15)14-4-2/h3-4H,1-2,5-12H2,(H,14,15). The van der Waals surface area contributed by atoms with E-state index in [1.54, 1.807) is 0 Å². The third-order valence-electron chi connectivity index (χ3n) is 2.33. The maximum atomic E-state index is 11.0. The SMILES string of the molecule is C=CCCCCCCCCC(=O)NC=C. The molecule has 0 saturated heterocycles. The predicted molar refractivity (Wildman–Crippen MR) is 65.5 cm³/mol. The van der Waals surface area contributed by atoms with Gasteiger partial charge in [0, 0.05) is 6.42 Å².